The van der Waals surface area contributed by atoms with Gasteiger partial charge in [-0.2, -0.15) is 0 Å². The summed E-state index contributed by atoms with van der Waals surface area (Å²) in [5.41, 5.74) is 0.498. The van der Waals surface area contributed by atoms with Crippen LogP contribution in [0.1, 0.15) is 6.92 Å². The SMILES string of the molecule is CCN(CC(=O)O)C(=O)Nc1c(Br)cc(Cl)cc1Br. The van der Waals surface area contributed by atoms with Gasteiger partial charge in [0.2, 0.25) is 0 Å². The molecular weight excluding hydrogens is 403 g/mol. The van der Waals surface area contributed by atoms with Gasteiger partial charge in [-0.3, -0.25) is 4.79 Å². The van der Waals surface area contributed by atoms with E-state index < -0.39 is 12.0 Å². The maximum absolute atomic E-state index is 11.9. The first kappa shape index (κ1) is 16.3. The van der Waals surface area contributed by atoms with Gasteiger partial charge in [-0.25, -0.2) is 4.79 Å². The Hall–Kier alpha value is -0.790. The fourth-order valence-corrected chi connectivity index (χ4v) is 3.20. The maximum atomic E-state index is 11.9. The number of carboxylic acids is 1. The Kier molecular flexibility index (Phi) is 6.09. The number of halogens is 3. The number of rotatable bonds is 4. The highest BCUT2D eigenvalue weighted by molar-refractivity contribution is 9.11. The molecule has 0 spiro atoms. The number of carbonyl (C=O) groups excluding carboxylic acids is 1. The van der Waals surface area contributed by atoms with E-state index in [2.05, 4.69) is 37.2 Å². The molecule has 0 saturated heterocycles. The number of anilines is 1. The number of hydrogen-bond acceptors (Lipinski definition) is 2. The average molecular weight is 414 g/mol. The number of urea groups is 1. The summed E-state index contributed by atoms with van der Waals surface area (Å²) in [7, 11) is 0. The zero-order valence-corrected chi connectivity index (χ0v) is 13.8. The molecule has 0 aliphatic heterocycles. The quantitative estimate of drug-likeness (QED) is 0.787. The Bertz CT molecular complexity index is 488. The molecule has 1 aromatic rings. The number of amides is 2. The molecule has 0 aromatic heterocycles. The van der Waals surface area contributed by atoms with E-state index in [1.54, 1.807) is 19.1 Å². The standard InChI is InChI=1S/C11H11Br2ClN2O3/c1-2-16(5-9(17)18)11(19)15-10-7(12)3-6(14)4-8(10)13/h3-4H,2,5H2,1H3,(H,15,19)(H,17,18). The summed E-state index contributed by atoms with van der Waals surface area (Å²) in [6.07, 6.45) is 0. The molecular formula is C11H11Br2ClN2O3. The van der Waals surface area contributed by atoms with Crippen molar-refractivity contribution < 1.29 is 14.7 Å². The number of hydrogen-bond donors (Lipinski definition) is 2. The third kappa shape index (κ3) is 4.67. The molecule has 19 heavy (non-hydrogen) atoms. The summed E-state index contributed by atoms with van der Waals surface area (Å²) < 4.78 is 1.21. The largest absolute Gasteiger partial charge is 0.480 e. The van der Waals surface area contributed by atoms with Gasteiger partial charge >= 0.3 is 12.0 Å². The number of carboxylic acid groups (broad SMARTS) is 1. The fourth-order valence-electron chi connectivity index (χ4n) is 1.34. The van der Waals surface area contributed by atoms with Crippen molar-refractivity contribution in [1.29, 1.82) is 0 Å². The monoisotopic (exact) mass is 412 g/mol. The minimum atomic E-state index is -1.06. The summed E-state index contributed by atoms with van der Waals surface area (Å²) in [4.78, 5) is 23.8. The highest BCUT2D eigenvalue weighted by Crippen LogP contribution is 2.34. The van der Waals surface area contributed by atoms with Crippen LogP contribution in [-0.2, 0) is 4.79 Å². The van der Waals surface area contributed by atoms with E-state index in [1.807, 2.05) is 0 Å². The van der Waals surface area contributed by atoms with Gasteiger partial charge in [-0.05, 0) is 50.9 Å². The van der Waals surface area contributed by atoms with Crippen LogP contribution in [0.5, 0.6) is 0 Å². The van der Waals surface area contributed by atoms with Gasteiger partial charge in [-0.15, -0.1) is 0 Å². The van der Waals surface area contributed by atoms with Gasteiger partial charge in [0, 0.05) is 20.5 Å². The van der Waals surface area contributed by atoms with Crippen molar-refractivity contribution in [3.8, 4) is 0 Å². The molecule has 0 atom stereocenters. The van der Waals surface area contributed by atoms with Crippen LogP contribution >= 0.6 is 43.5 Å². The topological polar surface area (TPSA) is 69.6 Å². The van der Waals surface area contributed by atoms with Crippen LogP contribution in [0.25, 0.3) is 0 Å². The Morgan fingerprint density at radius 1 is 1.37 bits per heavy atom. The van der Waals surface area contributed by atoms with Gasteiger partial charge < -0.3 is 15.3 Å². The summed E-state index contributed by atoms with van der Waals surface area (Å²) >= 11 is 12.4. The Morgan fingerprint density at radius 2 is 1.89 bits per heavy atom. The molecule has 0 aliphatic carbocycles. The van der Waals surface area contributed by atoms with Crippen LogP contribution in [0, 0.1) is 0 Å². The van der Waals surface area contributed by atoms with E-state index in [-0.39, 0.29) is 6.54 Å². The van der Waals surface area contributed by atoms with E-state index in [0.29, 0.717) is 26.2 Å². The number of benzene rings is 1. The molecule has 5 nitrogen and oxygen atoms in total. The zero-order valence-electron chi connectivity index (χ0n) is 9.91. The van der Waals surface area contributed by atoms with Gasteiger partial charge in [0.15, 0.2) is 0 Å². The van der Waals surface area contributed by atoms with Crippen molar-refractivity contribution in [2.24, 2.45) is 0 Å². The lowest BCUT2D eigenvalue weighted by atomic mass is 10.3. The van der Waals surface area contributed by atoms with Crippen LogP contribution in [0.15, 0.2) is 21.1 Å². The molecule has 0 fully saturated rings. The summed E-state index contributed by atoms with van der Waals surface area (Å²) in [5, 5.41) is 11.9. The van der Waals surface area contributed by atoms with Crippen LogP contribution in [0.3, 0.4) is 0 Å². The normalized spacial score (nSPS) is 10.1. The second-order valence-corrected chi connectivity index (χ2v) is 5.73. The van der Waals surface area contributed by atoms with Gasteiger partial charge in [0.05, 0.1) is 5.69 Å². The third-order valence-corrected chi connectivity index (χ3v) is 3.70. The van der Waals surface area contributed by atoms with Crippen LogP contribution in [0.2, 0.25) is 5.02 Å². The highest BCUT2D eigenvalue weighted by atomic mass is 79.9. The third-order valence-electron chi connectivity index (χ3n) is 2.23. The van der Waals surface area contributed by atoms with Crippen molar-refractivity contribution in [2.45, 2.75) is 6.92 Å². The molecule has 2 N–H and O–H groups in total. The lowest BCUT2D eigenvalue weighted by Crippen LogP contribution is -2.38. The Balaban J connectivity index is 2.90. The van der Waals surface area contributed by atoms with Gasteiger partial charge in [0.25, 0.3) is 0 Å². The average Bonchev–Trinajstić information content (AvgIpc) is 2.30. The summed E-state index contributed by atoms with van der Waals surface area (Å²) in [6, 6.07) is 2.78. The molecule has 8 heteroatoms. The summed E-state index contributed by atoms with van der Waals surface area (Å²) in [5.74, 6) is -1.06. The van der Waals surface area contributed by atoms with Crippen molar-refractivity contribution >= 4 is 61.1 Å². The molecule has 2 amide bonds. The van der Waals surface area contributed by atoms with E-state index in [4.69, 9.17) is 16.7 Å². The van der Waals surface area contributed by atoms with Crippen molar-refractivity contribution in [3.63, 3.8) is 0 Å². The molecule has 0 saturated carbocycles. The second kappa shape index (κ2) is 7.12. The number of carbonyl (C=O) groups is 2. The van der Waals surface area contributed by atoms with E-state index in [0.717, 1.165) is 0 Å². The molecule has 1 aromatic carbocycles. The molecule has 1 rings (SSSR count). The lowest BCUT2D eigenvalue weighted by molar-refractivity contribution is -0.137. The number of likely N-dealkylation sites (N-methyl/N-ethyl adjacent to an activating group) is 1. The lowest BCUT2D eigenvalue weighted by Gasteiger charge is -2.20. The van der Waals surface area contributed by atoms with Gasteiger partial charge in [-0.1, -0.05) is 11.6 Å². The number of nitrogens with one attached hydrogen (secondary N) is 1. The van der Waals surface area contributed by atoms with E-state index in [1.165, 1.54) is 4.90 Å². The first-order valence-electron chi connectivity index (χ1n) is 5.27. The minimum absolute atomic E-state index is 0.293. The minimum Gasteiger partial charge on any atom is -0.480 e. The van der Waals surface area contributed by atoms with Crippen molar-refractivity contribution in [2.75, 3.05) is 18.4 Å². The maximum Gasteiger partial charge on any atom is 0.323 e. The smallest absolute Gasteiger partial charge is 0.323 e. The zero-order chi connectivity index (χ0) is 14.6. The van der Waals surface area contributed by atoms with Crippen LogP contribution < -0.4 is 5.32 Å². The molecule has 0 radical (unpaired) electrons. The number of nitrogens with zero attached hydrogens (tertiary/aromatic N) is 1. The van der Waals surface area contributed by atoms with E-state index in [9.17, 15) is 9.59 Å². The first-order chi connectivity index (χ1) is 8.85. The molecule has 0 unspecified atom stereocenters. The molecule has 104 valence electrons. The first-order valence-corrected chi connectivity index (χ1v) is 7.23. The fraction of sp³-hybridized carbons (Fsp3) is 0.273. The Labute approximate surface area is 132 Å². The predicted molar refractivity (Wildman–Crippen MR) is 80.8 cm³/mol. The van der Waals surface area contributed by atoms with Crippen molar-refractivity contribution in [1.82, 2.24) is 4.90 Å². The van der Waals surface area contributed by atoms with Crippen molar-refractivity contribution in [3.05, 3.63) is 26.1 Å². The predicted octanol–water partition coefficient (Wildman–Crippen LogP) is 3.80. The molecule has 0 bridgehead atoms. The van der Waals surface area contributed by atoms with Gasteiger partial charge in [0.1, 0.15) is 6.54 Å². The second-order valence-electron chi connectivity index (χ2n) is 3.58. The van der Waals surface area contributed by atoms with Crippen LogP contribution in [0.4, 0.5) is 10.5 Å². The molecule has 0 aliphatic rings. The van der Waals surface area contributed by atoms with Crippen LogP contribution in [-0.4, -0.2) is 35.1 Å². The summed E-state index contributed by atoms with van der Waals surface area (Å²) in [6.45, 7) is 1.64. The highest BCUT2D eigenvalue weighted by Gasteiger charge is 2.17. The van der Waals surface area contributed by atoms with E-state index >= 15 is 0 Å². The molecule has 0 heterocycles. The number of aliphatic carboxylic acids is 1. The Morgan fingerprint density at radius 3 is 2.32 bits per heavy atom.